The average molecular weight is 362 g/mol. The summed E-state index contributed by atoms with van der Waals surface area (Å²) in [6.45, 7) is 3.65. The summed E-state index contributed by atoms with van der Waals surface area (Å²) in [4.78, 5) is 18.9. The number of nitrogens with zero attached hydrogens (tertiary/aromatic N) is 4. The van der Waals surface area contributed by atoms with Crippen LogP contribution < -0.4 is 4.74 Å². The van der Waals surface area contributed by atoms with Crippen LogP contribution in [0.5, 0.6) is 5.75 Å². The van der Waals surface area contributed by atoms with Crippen LogP contribution in [0.2, 0.25) is 0 Å². The number of hydrogen-bond donors (Lipinski definition) is 0. The van der Waals surface area contributed by atoms with E-state index in [-0.39, 0.29) is 11.9 Å². The smallest absolute Gasteiger partial charge is 0.225 e. The molecule has 1 aliphatic heterocycles. The Labute approximate surface area is 158 Å². The molecule has 0 aliphatic carbocycles. The molecular formula is C21H22N4O2. The Kier molecular flexibility index (Phi) is 4.87. The molecule has 0 saturated carbocycles. The molecule has 2 aromatic heterocycles. The Morgan fingerprint density at radius 2 is 2.15 bits per heavy atom. The SMILES string of the molecule is C[C@H]1COc2ccc(-c3cccnc3)cc2CN1C(=O)CCn1cccn1. The normalized spacial score (nSPS) is 16.3. The Morgan fingerprint density at radius 3 is 2.93 bits per heavy atom. The summed E-state index contributed by atoms with van der Waals surface area (Å²) < 4.78 is 7.74. The van der Waals surface area contributed by atoms with Gasteiger partial charge in [0.15, 0.2) is 0 Å². The molecule has 1 aromatic carbocycles. The first kappa shape index (κ1) is 17.3. The van der Waals surface area contributed by atoms with E-state index in [0.717, 1.165) is 22.4 Å². The summed E-state index contributed by atoms with van der Waals surface area (Å²) in [6, 6.07) is 12.0. The second kappa shape index (κ2) is 7.61. The number of benzene rings is 1. The van der Waals surface area contributed by atoms with Crippen molar-refractivity contribution in [1.82, 2.24) is 19.7 Å². The van der Waals surface area contributed by atoms with Gasteiger partial charge in [-0.2, -0.15) is 5.10 Å². The maximum Gasteiger partial charge on any atom is 0.225 e. The fourth-order valence-electron chi connectivity index (χ4n) is 3.32. The Balaban J connectivity index is 1.54. The number of pyridine rings is 1. The van der Waals surface area contributed by atoms with Gasteiger partial charge in [-0.1, -0.05) is 12.1 Å². The van der Waals surface area contributed by atoms with Crippen LogP contribution in [-0.2, 0) is 17.9 Å². The summed E-state index contributed by atoms with van der Waals surface area (Å²) in [7, 11) is 0. The number of carbonyl (C=O) groups is 1. The van der Waals surface area contributed by atoms with Crippen LogP contribution in [0.3, 0.4) is 0 Å². The van der Waals surface area contributed by atoms with Crippen LogP contribution in [0.25, 0.3) is 11.1 Å². The molecule has 1 amide bonds. The number of hydrogen-bond acceptors (Lipinski definition) is 4. The lowest BCUT2D eigenvalue weighted by atomic mass is 10.0. The molecule has 27 heavy (non-hydrogen) atoms. The standard InChI is InChI=1S/C21H22N4O2/c1-16-15-27-20-6-5-17(18-4-2-8-22-13-18)12-19(20)14-25(16)21(26)7-11-24-10-3-9-23-24/h2-6,8-10,12-13,16H,7,11,14-15H2,1H3/t16-/m0/s1. The molecule has 0 N–H and O–H groups in total. The molecule has 6 nitrogen and oxygen atoms in total. The maximum atomic E-state index is 12.8. The van der Waals surface area contributed by atoms with E-state index in [1.54, 1.807) is 17.1 Å². The minimum atomic E-state index is 0.0179. The monoisotopic (exact) mass is 362 g/mol. The minimum Gasteiger partial charge on any atom is -0.491 e. The largest absolute Gasteiger partial charge is 0.491 e. The Hall–Kier alpha value is -3.15. The first-order valence-corrected chi connectivity index (χ1v) is 9.14. The maximum absolute atomic E-state index is 12.8. The van der Waals surface area contributed by atoms with Gasteiger partial charge in [-0.3, -0.25) is 14.5 Å². The number of ether oxygens (including phenoxy) is 1. The topological polar surface area (TPSA) is 60.2 Å². The van der Waals surface area contributed by atoms with Crippen molar-refractivity contribution in [2.45, 2.75) is 32.5 Å². The van der Waals surface area contributed by atoms with Gasteiger partial charge in [0.05, 0.1) is 6.04 Å². The van der Waals surface area contributed by atoms with E-state index in [4.69, 9.17) is 4.74 Å². The second-order valence-electron chi connectivity index (χ2n) is 6.77. The fourth-order valence-corrected chi connectivity index (χ4v) is 3.32. The van der Waals surface area contributed by atoms with Gasteiger partial charge in [0.1, 0.15) is 12.4 Å². The lowest BCUT2D eigenvalue weighted by molar-refractivity contribution is -0.134. The molecule has 0 bridgehead atoms. The van der Waals surface area contributed by atoms with Crippen molar-refractivity contribution in [3.8, 4) is 16.9 Å². The first-order valence-electron chi connectivity index (χ1n) is 9.14. The van der Waals surface area contributed by atoms with Gasteiger partial charge in [-0.05, 0) is 36.8 Å². The van der Waals surface area contributed by atoms with E-state index in [1.165, 1.54) is 0 Å². The first-order chi connectivity index (χ1) is 13.2. The van der Waals surface area contributed by atoms with Crippen LogP contribution in [0, 0.1) is 0 Å². The number of fused-ring (bicyclic) bond motifs is 1. The third kappa shape index (κ3) is 3.84. The lowest BCUT2D eigenvalue weighted by Crippen LogP contribution is -2.40. The van der Waals surface area contributed by atoms with Crippen LogP contribution in [-0.4, -0.2) is 38.2 Å². The Morgan fingerprint density at radius 1 is 1.22 bits per heavy atom. The zero-order valence-electron chi connectivity index (χ0n) is 15.3. The van der Waals surface area contributed by atoms with Crippen LogP contribution in [0.1, 0.15) is 18.9 Å². The van der Waals surface area contributed by atoms with Crippen molar-refractivity contribution in [3.05, 3.63) is 66.7 Å². The summed E-state index contributed by atoms with van der Waals surface area (Å²) in [6.07, 6.45) is 7.62. The van der Waals surface area contributed by atoms with Crippen molar-refractivity contribution in [3.63, 3.8) is 0 Å². The zero-order chi connectivity index (χ0) is 18.6. The molecule has 1 atom stereocenters. The number of aromatic nitrogens is 3. The predicted molar refractivity (Wildman–Crippen MR) is 102 cm³/mol. The molecule has 3 aromatic rings. The van der Waals surface area contributed by atoms with Gasteiger partial charge in [-0.25, -0.2) is 0 Å². The summed E-state index contributed by atoms with van der Waals surface area (Å²) >= 11 is 0. The highest BCUT2D eigenvalue weighted by atomic mass is 16.5. The summed E-state index contributed by atoms with van der Waals surface area (Å²) in [5.74, 6) is 0.957. The molecular weight excluding hydrogens is 340 g/mol. The van der Waals surface area contributed by atoms with Crippen molar-refractivity contribution in [1.29, 1.82) is 0 Å². The molecule has 6 heteroatoms. The highest BCUT2D eigenvalue weighted by Gasteiger charge is 2.25. The van der Waals surface area contributed by atoms with Crippen molar-refractivity contribution in [2.24, 2.45) is 0 Å². The van der Waals surface area contributed by atoms with E-state index < -0.39 is 0 Å². The van der Waals surface area contributed by atoms with E-state index >= 15 is 0 Å². The molecule has 0 saturated heterocycles. The van der Waals surface area contributed by atoms with E-state index in [2.05, 4.69) is 16.1 Å². The number of rotatable bonds is 4. The third-order valence-electron chi connectivity index (χ3n) is 4.84. The minimum absolute atomic E-state index is 0.0179. The van der Waals surface area contributed by atoms with Gasteiger partial charge in [0.25, 0.3) is 0 Å². The molecule has 0 unspecified atom stereocenters. The Bertz CT molecular complexity index is 909. The molecule has 0 fully saturated rings. The third-order valence-corrected chi connectivity index (χ3v) is 4.84. The van der Waals surface area contributed by atoms with Crippen molar-refractivity contribution < 1.29 is 9.53 Å². The van der Waals surface area contributed by atoms with E-state index in [1.807, 2.05) is 54.5 Å². The van der Waals surface area contributed by atoms with Gasteiger partial charge < -0.3 is 9.64 Å². The number of amides is 1. The van der Waals surface area contributed by atoms with Gasteiger partial charge in [0.2, 0.25) is 5.91 Å². The van der Waals surface area contributed by atoms with Crippen LogP contribution >= 0.6 is 0 Å². The molecule has 1 aliphatic rings. The lowest BCUT2D eigenvalue weighted by Gasteiger charge is -2.26. The van der Waals surface area contributed by atoms with E-state index in [9.17, 15) is 4.79 Å². The van der Waals surface area contributed by atoms with Gasteiger partial charge >= 0.3 is 0 Å². The molecule has 0 radical (unpaired) electrons. The molecule has 4 rings (SSSR count). The van der Waals surface area contributed by atoms with Gasteiger partial charge in [0, 0.05) is 55.4 Å². The quantitative estimate of drug-likeness (QED) is 0.715. The number of carbonyl (C=O) groups excluding carboxylic acids is 1. The fraction of sp³-hybridized carbons (Fsp3) is 0.286. The highest BCUT2D eigenvalue weighted by Crippen LogP contribution is 2.30. The average Bonchev–Trinajstić information content (AvgIpc) is 3.17. The molecule has 138 valence electrons. The zero-order valence-corrected chi connectivity index (χ0v) is 15.3. The van der Waals surface area contributed by atoms with Crippen LogP contribution in [0.4, 0.5) is 0 Å². The second-order valence-corrected chi connectivity index (χ2v) is 6.77. The summed E-state index contributed by atoms with van der Waals surface area (Å²) in [5.41, 5.74) is 3.14. The highest BCUT2D eigenvalue weighted by molar-refractivity contribution is 5.77. The van der Waals surface area contributed by atoms with Crippen molar-refractivity contribution in [2.75, 3.05) is 6.61 Å². The summed E-state index contributed by atoms with van der Waals surface area (Å²) in [5, 5.41) is 4.17. The van der Waals surface area contributed by atoms with E-state index in [0.29, 0.717) is 26.1 Å². The molecule has 0 spiro atoms. The molecule has 3 heterocycles. The van der Waals surface area contributed by atoms with Crippen molar-refractivity contribution >= 4 is 5.91 Å². The van der Waals surface area contributed by atoms with Crippen LogP contribution in [0.15, 0.2) is 61.2 Å². The van der Waals surface area contributed by atoms with Gasteiger partial charge in [-0.15, -0.1) is 0 Å². The number of aryl methyl sites for hydroxylation is 1. The predicted octanol–water partition coefficient (Wildman–Crippen LogP) is 3.14.